The SMILES string of the molecule is CCCCc1ccc(OCCNCC2CCCO2)cc1. The van der Waals surface area contributed by atoms with Crippen LogP contribution in [0.5, 0.6) is 5.75 Å². The fraction of sp³-hybridized carbons (Fsp3) is 0.647. The van der Waals surface area contributed by atoms with Crippen molar-refractivity contribution in [2.45, 2.75) is 45.1 Å². The van der Waals surface area contributed by atoms with Gasteiger partial charge in [0.2, 0.25) is 0 Å². The molecule has 0 aromatic heterocycles. The Morgan fingerprint density at radius 3 is 2.85 bits per heavy atom. The van der Waals surface area contributed by atoms with E-state index in [2.05, 4.69) is 36.5 Å². The molecule has 112 valence electrons. The van der Waals surface area contributed by atoms with E-state index in [0.29, 0.717) is 12.7 Å². The molecule has 1 N–H and O–H groups in total. The Morgan fingerprint density at radius 1 is 1.30 bits per heavy atom. The van der Waals surface area contributed by atoms with Gasteiger partial charge in [-0.2, -0.15) is 0 Å². The lowest BCUT2D eigenvalue weighted by Gasteiger charge is -2.11. The molecule has 2 rings (SSSR count). The molecule has 0 amide bonds. The summed E-state index contributed by atoms with van der Waals surface area (Å²) in [5.41, 5.74) is 1.40. The van der Waals surface area contributed by atoms with Crippen molar-refractivity contribution in [1.82, 2.24) is 5.32 Å². The molecule has 0 bridgehead atoms. The van der Waals surface area contributed by atoms with E-state index in [9.17, 15) is 0 Å². The van der Waals surface area contributed by atoms with Crippen LogP contribution in [0.15, 0.2) is 24.3 Å². The predicted octanol–water partition coefficient (Wildman–Crippen LogP) is 3.18. The maximum absolute atomic E-state index is 5.73. The molecule has 1 aliphatic rings. The van der Waals surface area contributed by atoms with E-state index < -0.39 is 0 Å². The normalized spacial score (nSPS) is 18.4. The van der Waals surface area contributed by atoms with Gasteiger partial charge < -0.3 is 14.8 Å². The lowest BCUT2D eigenvalue weighted by Crippen LogP contribution is -2.29. The second kappa shape index (κ2) is 8.98. The maximum atomic E-state index is 5.73. The van der Waals surface area contributed by atoms with Gasteiger partial charge in [0.1, 0.15) is 12.4 Å². The van der Waals surface area contributed by atoms with Gasteiger partial charge >= 0.3 is 0 Å². The van der Waals surface area contributed by atoms with Crippen LogP contribution in [0.1, 0.15) is 38.2 Å². The Bertz CT molecular complexity index is 358. The Hall–Kier alpha value is -1.06. The third kappa shape index (κ3) is 5.51. The number of hydrogen-bond donors (Lipinski definition) is 1. The van der Waals surface area contributed by atoms with Gasteiger partial charge in [-0.05, 0) is 43.4 Å². The quantitative estimate of drug-likeness (QED) is 0.703. The molecule has 0 saturated carbocycles. The summed E-state index contributed by atoms with van der Waals surface area (Å²) in [6.45, 7) is 5.67. The van der Waals surface area contributed by atoms with Crippen molar-refractivity contribution in [3.05, 3.63) is 29.8 Å². The summed E-state index contributed by atoms with van der Waals surface area (Å²) < 4.78 is 11.3. The van der Waals surface area contributed by atoms with Crippen LogP contribution in [-0.2, 0) is 11.2 Å². The molecule has 3 heteroatoms. The Kier molecular flexibility index (Phi) is 6.89. The molecule has 1 atom stereocenters. The molecule has 1 fully saturated rings. The Labute approximate surface area is 122 Å². The van der Waals surface area contributed by atoms with Gasteiger partial charge in [0, 0.05) is 19.7 Å². The number of nitrogens with one attached hydrogen (secondary N) is 1. The number of benzene rings is 1. The van der Waals surface area contributed by atoms with Crippen molar-refractivity contribution in [3.63, 3.8) is 0 Å². The Morgan fingerprint density at radius 2 is 2.15 bits per heavy atom. The lowest BCUT2D eigenvalue weighted by molar-refractivity contribution is 0.109. The van der Waals surface area contributed by atoms with Crippen LogP contribution in [-0.4, -0.2) is 32.4 Å². The third-order valence-corrected chi connectivity index (χ3v) is 3.69. The summed E-state index contributed by atoms with van der Waals surface area (Å²) in [6.07, 6.45) is 6.47. The van der Waals surface area contributed by atoms with Crippen LogP contribution < -0.4 is 10.1 Å². The smallest absolute Gasteiger partial charge is 0.119 e. The molecule has 1 heterocycles. The van der Waals surface area contributed by atoms with Crippen LogP contribution in [0.25, 0.3) is 0 Å². The zero-order valence-electron chi connectivity index (χ0n) is 12.6. The van der Waals surface area contributed by atoms with Crippen molar-refractivity contribution >= 4 is 0 Å². The van der Waals surface area contributed by atoms with Crippen LogP contribution >= 0.6 is 0 Å². The first-order valence-corrected chi connectivity index (χ1v) is 7.92. The number of ether oxygens (including phenoxy) is 2. The molecule has 1 aromatic carbocycles. The standard InChI is InChI=1S/C17H27NO2/c1-2-3-5-15-7-9-16(10-8-15)20-13-11-18-14-17-6-4-12-19-17/h7-10,17-18H,2-6,11-14H2,1H3. The van der Waals surface area contributed by atoms with E-state index >= 15 is 0 Å². The van der Waals surface area contributed by atoms with Gasteiger partial charge in [-0.25, -0.2) is 0 Å². The Balaban J connectivity index is 1.56. The molecule has 3 nitrogen and oxygen atoms in total. The lowest BCUT2D eigenvalue weighted by atomic mass is 10.1. The summed E-state index contributed by atoms with van der Waals surface area (Å²) in [4.78, 5) is 0. The molecule has 1 unspecified atom stereocenters. The van der Waals surface area contributed by atoms with E-state index in [1.54, 1.807) is 0 Å². The van der Waals surface area contributed by atoms with Crippen molar-refractivity contribution in [2.75, 3.05) is 26.3 Å². The molecular formula is C17H27NO2. The van der Waals surface area contributed by atoms with E-state index in [-0.39, 0.29) is 0 Å². The molecule has 0 aliphatic carbocycles. The van der Waals surface area contributed by atoms with E-state index in [1.807, 2.05) is 0 Å². The van der Waals surface area contributed by atoms with E-state index in [1.165, 1.54) is 37.7 Å². The van der Waals surface area contributed by atoms with Crippen LogP contribution in [0.4, 0.5) is 0 Å². The number of rotatable bonds is 9. The number of aryl methyl sites for hydroxylation is 1. The highest BCUT2D eigenvalue weighted by Gasteiger charge is 2.14. The number of hydrogen-bond acceptors (Lipinski definition) is 3. The molecule has 20 heavy (non-hydrogen) atoms. The largest absolute Gasteiger partial charge is 0.492 e. The van der Waals surface area contributed by atoms with E-state index in [4.69, 9.17) is 9.47 Å². The molecule has 1 aliphatic heterocycles. The fourth-order valence-corrected chi connectivity index (χ4v) is 2.44. The van der Waals surface area contributed by atoms with Crippen LogP contribution in [0.3, 0.4) is 0 Å². The second-order valence-corrected chi connectivity index (χ2v) is 5.44. The molecule has 1 aromatic rings. The monoisotopic (exact) mass is 277 g/mol. The topological polar surface area (TPSA) is 30.5 Å². The van der Waals surface area contributed by atoms with Crippen molar-refractivity contribution < 1.29 is 9.47 Å². The van der Waals surface area contributed by atoms with Crippen molar-refractivity contribution in [3.8, 4) is 5.75 Å². The molecular weight excluding hydrogens is 250 g/mol. The highest BCUT2D eigenvalue weighted by atomic mass is 16.5. The highest BCUT2D eigenvalue weighted by molar-refractivity contribution is 5.27. The summed E-state index contributed by atoms with van der Waals surface area (Å²) >= 11 is 0. The summed E-state index contributed by atoms with van der Waals surface area (Å²) in [6, 6.07) is 8.49. The van der Waals surface area contributed by atoms with Crippen LogP contribution in [0.2, 0.25) is 0 Å². The van der Waals surface area contributed by atoms with Crippen molar-refractivity contribution in [2.24, 2.45) is 0 Å². The minimum Gasteiger partial charge on any atom is -0.492 e. The summed E-state index contributed by atoms with van der Waals surface area (Å²) in [5.74, 6) is 0.962. The minimum absolute atomic E-state index is 0.410. The highest BCUT2D eigenvalue weighted by Crippen LogP contribution is 2.14. The van der Waals surface area contributed by atoms with Gasteiger partial charge in [0.15, 0.2) is 0 Å². The maximum Gasteiger partial charge on any atom is 0.119 e. The average molecular weight is 277 g/mol. The van der Waals surface area contributed by atoms with Gasteiger partial charge in [0.25, 0.3) is 0 Å². The fourth-order valence-electron chi connectivity index (χ4n) is 2.44. The van der Waals surface area contributed by atoms with Gasteiger partial charge in [-0.15, -0.1) is 0 Å². The zero-order valence-corrected chi connectivity index (χ0v) is 12.6. The second-order valence-electron chi connectivity index (χ2n) is 5.44. The van der Waals surface area contributed by atoms with Gasteiger partial charge in [0.05, 0.1) is 6.10 Å². The summed E-state index contributed by atoms with van der Waals surface area (Å²) in [5, 5.41) is 3.39. The van der Waals surface area contributed by atoms with Crippen molar-refractivity contribution in [1.29, 1.82) is 0 Å². The minimum atomic E-state index is 0.410. The zero-order chi connectivity index (χ0) is 14.0. The summed E-state index contributed by atoms with van der Waals surface area (Å²) in [7, 11) is 0. The molecule has 0 spiro atoms. The van der Waals surface area contributed by atoms with Gasteiger partial charge in [-0.3, -0.25) is 0 Å². The van der Waals surface area contributed by atoms with Crippen LogP contribution in [0, 0.1) is 0 Å². The third-order valence-electron chi connectivity index (χ3n) is 3.69. The van der Waals surface area contributed by atoms with E-state index in [0.717, 1.165) is 25.4 Å². The van der Waals surface area contributed by atoms with Gasteiger partial charge in [-0.1, -0.05) is 25.5 Å². The number of unbranched alkanes of at least 4 members (excludes halogenated alkanes) is 1. The molecule has 0 radical (unpaired) electrons. The average Bonchev–Trinajstić information content (AvgIpc) is 2.99. The first kappa shape index (κ1) is 15.3. The molecule has 1 saturated heterocycles. The first-order chi connectivity index (χ1) is 9.88. The predicted molar refractivity (Wildman–Crippen MR) is 82.4 cm³/mol. The first-order valence-electron chi connectivity index (χ1n) is 7.92.